The van der Waals surface area contributed by atoms with Crippen LogP contribution < -0.4 is 15.4 Å². The lowest BCUT2D eigenvalue weighted by molar-refractivity contribution is 0.185. The highest BCUT2D eigenvalue weighted by Gasteiger charge is 2.08. The first-order valence-corrected chi connectivity index (χ1v) is 10.3. The largest absolute Gasteiger partial charge is 0.475 e. The Bertz CT molecular complexity index is 729. The number of thiazole rings is 1. The van der Waals surface area contributed by atoms with E-state index in [0.717, 1.165) is 29.5 Å². The molecule has 0 aliphatic carbocycles. The molecule has 0 bridgehead atoms. The number of rotatable bonds is 9. The number of aryl methyl sites for hydroxylation is 1. The van der Waals surface area contributed by atoms with Crippen LogP contribution in [0.2, 0.25) is 0 Å². The lowest BCUT2D eigenvalue weighted by Gasteiger charge is -2.16. The predicted molar refractivity (Wildman–Crippen MR) is 112 cm³/mol. The van der Waals surface area contributed by atoms with Crippen LogP contribution in [0.15, 0.2) is 29.5 Å². The van der Waals surface area contributed by atoms with E-state index in [1.807, 2.05) is 18.3 Å². The van der Waals surface area contributed by atoms with Crippen molar-refractivity contribution in [2.24, 2.45) is 10.9 Å². The van der Waals surface area contributed by atoms with Gasteiger partial charge in [0.25, 0.3) is 0 Å². The fourth-order valence-electron chi connectivity index (χ4n) is 2.69. The number of ether oxygens (including phenoxy) is 1. The summed E-state index contributed by atoms with van der Waals surface area (Å²) in [4.78, 5) is 14.6. The van der Waals surface area contributed by atoms with E-state index >= 15 is 0 Å². The van der Waals surface area contributed by atoms with Gasteiger partial charge >= 0.3 is 0 Å². The average Bonchev–Trinajstić information content (AvgIpc) is 3.02. The van der Waals surface area contributed by atoms with Gasteiger partial charge < -0.3 is 15.4 Å². The molecule has 0 amide bonds. The Labute approximate surface area is 166 Å². The quantitative estimate of drug-likeness (QED) is 0.502. The second-order valence-corrected chi connectivity index (χ2v) is 8.29. The molecule has 0 aliphatic heterocycles. The van der Waals surface area contributed by atoms with Gasteiger partial charge in [0.1, 0.15) is 5.01 Å². The van der Waals surface area contributed by atoms with Crippen LogP contribution in [0, 0.1) is 12.8 Å². The molecule has 0 aliphatic rings. The molecule has 1 atom stereocenters. The minimum absolute atomic E-state index is 0.150. The third kappa shape index (κ3) is 7.95. The third-order valence-corrected chi connectivity index (χ3v) is 4.68. The number of aliphatic imine (C=N–C) groups is 1. The fraction of sp³-hybridized carbons (Fsp3) is 0.550. The van der Waals surface area contributed by atoms with Crippen LogP contribution >= 0.6 is 11.3 Å². The van der Waals surface area contributed by atoms with Gasteiger partial charge in [0.05, 0.1) is 19.2 Å². The van der Waals surface area contributed by atoms with Crippen LogP contribution in [0.3, 0.4) is 0 Å². The minimum atomic E-state index is 0.150. The smallest absolute Gasteiger partial charge is 0.213 e. The van der Waals surface area contributed by atoms with E-state index in [-0.39, 0.29) is 6.10 Å². The molecule has 6 nitrogen and oxygen atoms in total. The summed E-state index contributed by atoms with van der Waals surface area (Å²) in [5.74, 6) is 2.04. The number of hydrogen-bond acceptors (Lipinski definition) is 5. The van der Waals surface area contributed by atoms with Gasteiger partial charge in [-0.1, -0.05) is 13.8 Å². The van der Waals surface area contributed by atoms with Crippen molar-refractivity contribution in [1.82, 2.24) is 20.6 Å². The average molecular weight is 390 g/mol. The number of hydrogen-bond donors (Lipinski definition) is 2. The standard InChI is InChI=1S/C20H31N5OS/c1-6-21-20(25-13-19-23-11-16(5)27-19)24-12-17-7-8-22-18(10-17)26-15(4)9-14(2)3/h7-8,10-11,14-15H,6,9,12-13H2,1-5H3,(H2,21,24,25). The second-order valence-electron chi connectivity index (χ2n) is 6.97. The Hall–Kier alpha value is -2.15. The van der Waals surface area contributed by atoms with Crippen LogP contribution in [-0.2, 0) is 13.1 Å². The van der Waals surface area contributed by atoms with Crippen molar-refractivity contribution in [2.45, 2.75) is 60.2 Å². The van der Waals surface area contributed by atoms with Crippen LogP contribution in [0.4, 0.5) is 0 Å². The first-order chi connectivity index (χ1) is 13.0. The number of nitrogens with one attached hydrogen (secondary N) is 2. The highest BCUT2D eigenvalue weighted by Crippen LogP contribution is 2.15. The van der Waals surface area contributed by atoms with Gasteiger partial charge in [0, 0.05) is 29.9 Å². The van der Waals surface area contributed by atoms with E-state index in [0.29, 0.717) is 24.9 Å². The summed E-state index contributed by atoms with van der Waals surface area (Å²) < 4.78 is 5.93. The summed E-state index contributed by atoms with van der Waals surface area (Å²) in [5, 5.41) is 7.65. The fourth-order valence-corrected chi connectivity index (χ4v) is 3.41. The van der Waals surface area contributed by atoms with Gasteiger partial charge in [0.2, 0.25) is 5.88 Å². The molecule has 0 radical (unpaired) electrons. The first kappa shape index (κ1) is 21.2. The summed E-state index contributed by atoms with van der Waals surface area (Å²) in [6.45, 7) is 12.6. The molecule has 27 heavy (non-hydrogen) atoms. The maximum Gasteiger partial charge on any atom is 0.213 e. The Kier molecular flexibility index (Phi) is 8.51. The van der Waals surface area contributed by atoms with Gasteiger partial charge in [-0.15, -0.1) is 11.3 Å². The lowest BCUT2D eigenvalue weighted by atomic mass is 10.1. The maximum absolute atomic E-state index is 5.93. The van der Waals surface area contributed by atoms with Crippen LogP contribution in [0.1, 0.15) is 49.6 Å². The Balaban J connectivity index is 1.94. The van der Waals surface area contributed by atoms with E-state index in [4.69, 9.17) is 4.74 Å². The molecular formula is C20H31N5OS. The molecule has 2 aromatic rings. The summed E-state index contributed by atoms with van der Waals surface area (Å²) in [6, 6.07) is 3.94. The highest BCUT2D eigenvalue weighted by atomic mass is 32.1. The van der Waals surface area contributed by atoms with Gasteiger partial charge in [-0.25, -0.2) is 15.0 Å². The van der Waals surface area contributed by atoms with Crippen molar-refractivity contribution in [2.75, 3.05) is 6.54 Å². The highest BCUT2D eigenvalue weighted by molar-refractivity contribution is 7.11. The van der Waals surface area contributed by atoms with Crippen LogP contribution in [-0.4, -0.2) is 28.6 Å². The molecule has 0 saturated carbocycles. The van der Waals surface area contributed by atoms with Crippen molar-refractivity contribution >= 4 is 17.3 Å². The normalized spacial score (nSPS) is 12.9. The number of guanidine groups is 1. The number of aromatic nitrogens is 2. The van der Waals surface area contributed by atoms with Gasteiger partial charge in [-0.3, -0.25) is 0 Å². The summed E-state index contributed by atoms with van der Waals surface area (Å²) in [5.41, 5.74) is 1.07. The van der Waals surface area contributed by atoms with E-state index in [1.165, 1.54) is 4.88 Å². The summed E-state index contributed by atoms with van der Waals surface area (Å²) >= 11 is 1.69. The first-order valence-electron chi connectivity index (χ1n) is 9.51. The van der Waals surface area contributed by atoms with E-state index < -0.39 is 0 Å². The third-order valence-electron chi connectivity index (χ3n) is 3.76. The Morgan fingerprint density at radius 1 is 1.26 bits per heavy atom. The number of nitrogens with zero attached hydrogens (tertiary/aromatic N) is 3. The van der Waals surface area contributed by atoms with Crippen molar-refractivity contribution in [3.63, 3.8) is 0 Å². The molecule has 1 unspecified atom stereocenters. The summed E-state index contributed by atoms with van der Waals surface area (Å²) in [6.07, 6.45) is 4.83. The van der Waals surface area contributed by atoms with Crippen LogP contribution in [0.25, 0.3) is 0 Å². The molecular weight excluding hydrogens is 358 g/mol. The molecule has 2 aromatic heterocycles. The van der Waals surface area contributed by atoms with E-state index in [9.17, 15) is 0 Å². The van der Waals surface area contributed by atoms with Gasteiger partial charge in [-0.05, 0) is 44.7 Å². The molecule has 148 valence electrons. The van der Waals surface area contributed by atoms with Crippen molar-refractivity contribution in [1.29, 1.82) is 0 Å². The van der Waals surface area contributed by atoms with Crippen molar-refractivity contribution < 1.29 is 4.74 Å². The van der Waals surface area contributed by atoms with E-state index in [1.54, 1.807) is 17.5 Å². The van der Waals surface area contributed by atoms with E-state index in [2.05, 4.69) is 60.2 Å². The second kappa shape index (κ2) is 10.9. The SMILES string of the molecule is CCNC(=NCc1ccnc(OC(C)CC(C)C)c1)NCc1ncc(C)s1. The zero-order valence-corrected chi connectivity index (χ0v) is 17.8. The molecule has 0 fully saturated rings. The Morgan fingerprint density at radius 3 is 2.74 bits per heavy atom. The lowest BCUT2D eigenvalue weighted by Crippen LogP contribution is -2.36. The molecule has 0 saturated heterocycles. The Morgan fingerprint density at radius 2 is 2.07 bits per heavy atom. The molecule has 7 heteroatoms. The maximum atomic E-state index is 5.93. The zero-order valence-electron chi connectivity index (χ0n) is 17.0. The molecule has 0 aromatic carbocycles. The van der Waals surface area contributed by atoms with Crippen LogP contribution in [0.5, 0.6) is 5.88 Å². The minimum Gasteiger partial charge on any atom is -0.475 e. The molecule has 2 rings (SSSR count). The zero-order chi connectivity index (χ0) is 19.6. The topological polar surface area (TPSA) is 71.4 Å². The monoisotopic (exact) mass is 389 g/mol. The summed E-state index contributed by atoms with van der Waals surface area (Å²) in [7, 11) is 0. The van der Waals surface area contributed by atoms with Crippen molar-refractivity contribution in [3.05, 3.63) is 40.0 Å². The molecule has 0 spiro atoms. The molecule has 2 N–H and O–H groups in total. The van der Waals surface area contributed by atoms with Crippen molar-refractivity contribution in [3.8, 4) is 5.88 Å². The van der Waals surface area contributed by atoms with Gasteiger partial charge in [0.15, 0.2) is 5.96 Å². The van der Waals surface area contributed by atoms with Gasteiger partial charge in [-0.2, -0.15) is 0 Å². The number of pyridine rings is 1. The molecule has 2 heterocycles. The predicted octanol–water partition coefficient (Wildman–Crippen LogP) is 3.92.